The lowest BCUT2D eigenvalue weighted by Crippen LogP contribution is -1.91. The molecule has 0 aliphatic carbocycles. The third kappa shape index (κ3) is 3.05. The lowest BCUT2D eigenvalue weighted by atomic mass is 10.2. The van der Waals surface area contributed by atoms with Gasteiger partial charge in [0.1, 0.15) is 6.07 Å². The monoisotopic (exact) mass is 286 g/mol. The number of aromatic nitrogens is 1. The highest BCUT2D eigenvalue weighted by Gasteiger charge is 2.12. The van der Waals surface area contributed by atoms with Crippen molar-refractivity contribution >= 4 is 29.3 Å². The number of hydrazone groups is 1. The number of nitriles is 1. The fourth-order valence-corrected chi connectivity index (χ4v) is 1.58. The number of nitrogens with one attached hydrogen (secondary N) is 1. The average molecular weight is 287 g/mol. The molecule has 0 saturated carbocycles. The number of oxazole rings is 1. The predicted octanol–water partition coefficient (Wildman–Crippen LogP) is 3.68. The zero-order valence-corrected chi connectivity index (χ0v) is 11.5. The van der Waals surface area contributed by atoms with E-state index in [0.29, 0.717) is 16.5 Å². The maximum Gasteiger partial charge on any atom is 0.252 e. The second kappa shape index (κ2) is 6.04. The Bertz CT molecular complexity index is 712. The molecule has 0 radical (unpaired) electrons. The lowest BCUT2D eigenvalue weighted by Gasteiger charge is -1.97. The summed E-state index contributed by atoms with van der Waals surface area (Å²) in [4.78, 5) is 3.98. The SMILES string of the molecule is C=C(C)c1nc(C#N)c(NN=Cc2ccccc2Cl)o1. The minimum Gasteiger partial charge on any atom is -0.418 e. The summed E-state index contributed by atoms with van der Waals surface area (Å²) in [5.74, 6) is 0.478. The second-order valence-electron chi connectivity index (χ2n) is 3.98. The molecule has 0 saturated heterocycles. The standard InChI is InChI=1S/C14H11ClN4O/c1-9(2)13-18-12(7-16)14(20-13)19-17-8-10-5-3-4-6-11(10)15/h3-6,8,19H,1H2,2H3. The highest BCUT2D eigenvalue weighted by atomic mass is 35.5. The maximum absolute atomic E-state index is 8.96. The third-order valence-electron chi connectivity index (χ3n) is 2.37. The molecule has 0 aliphatic heterocycles. The summed E-state index contributed by atoms with van der Waals surface area (Å²) < 4.78 is 5.34. The van der Waals surface area contributed by atoms with Crippen LogP contribution in [-0.4, -0.2) is 11.2 Å². The molecule has 0 fully saturated rings. The van der Waals surface area contributed by atoms with Gasteiger partial charge in [-0.1, -0.05) is 36.4 Å². The molecule has 0 bridgehead atoms. The Hall–Kier alpha value is -2.58. The van der Waals surface area contributed by atoms with E-state index in [4.69, 9.17) is 21.3 Å². The van der Waals surface area contributed by atoms with Crippen molar-refractivity contribution in [2.45, 2.75) is 6.92 Å². The van der Waals surface area contributed by atoms with Crippen molar-refractivity contribution in [3.05, 3.63) is 53.0 Å². The van der Waals surface area contributed by atoms with Crippen molar-refractivity contribution in [2.24, 2.45) is 5.10 Å². The number of hydrogen-bond acceptors (Lipinski definition) is 5. The molecular weight excluding hydrogens is 276 g/mol. The van der Waals surface area contributed by atoms with Crippen LogP contribution < -0.4 is 5.43 Å². The molecule has 2 aromatic rings. The molecular formula is C14H11ClN4O. The van der Waals surface area contributed by atoms with E-state index in [0.717, 1.165) is 5.56 Å². The Kier molecular flexibility index (Phi) is 4.18. The topological polar surface area (TPSA) is 74.2 Å². The molecule has 20 heavy (non-hydrogen) atoms. The van der Waals surface area contributed by atoms with Crippen LogP contribution in [0.5, 0.6) is 0 Å². The molecule has 0 aliphatic rings. The van der Waals surface area contributed by atoms with E-state index < -0.39 is 0 Å². The van der Waals surface area contributed by atoms with E-state index in [1.165, 1.54) is 6.21 Å². The van der Waals surface area contributed by atoms with E-state index in [1.54, 1.807) is 13.0 Å². The van der Waals surface area contributed by atoms with Crippen LogP contribution in [0.2, 0.25) is 5.02 Å². The number of benzene rings is 1. The number of rotatable bonds is 4. The highest BCUT2D eigenvalue weighted by molar-refractivity contribution is 6.33. The molecule has 0 unspecified atom stereocenters. The molecule has 0 atom stereocenters. The predicted molar refractivity (Wildman–Crippen MR) is 78.6 cm³/mol. The Labute approximate surface area is 121 Å². The van der Waals surface area contributed by atoms with E-state index >= 15 is 0 Å². The van der Waals surface area contributed by atoms with Crippen molar-refractivity contribution in [3.63, 3.8) is 0 Å². The summed E-state index contributed by atoms with van der Waals surface area (Å²) in [6, 6.07) is 9.18. The number of anilines is 1. The molecule has 5 nitrogen and oxygen atoms in total. The van der Waals surface area contributed by atoms with Gasteiger partial charge in [-0.3, -0.25) is 0 Å². The van der Waals surface area contributed by atoms with Gasteiger partial charge in [0.05, 0.1) is 6.21 Å². The van der Waals surface area contributed by atoms with Crippen molar-refractivity contribution in [1.29, 1.82) is 5.26 Å². The van der Waals surface area contributed by atoms with E-state index in [2.05, 4.69) is 22.1 Å². The molecule has 1 aromatic carbocycles. The van der Waals surface area contributed by atoms with Gasteiger partial charge in [0, 0.05) is 16.2 Å². The van der Waals surface area contributed by atoms with Crippen molar-refractivity contribution in [2.75, 3.05) is 5.43 Å². The van der Waals surface area contributed by atoms with Crippen LogP contribution in [0.4, 0.5) is 5.88 Å². The van der Waals surface area contributed by atoms with Gasteiger partial charge in [-0.05, 0) is 13.0 Å². The van der Waals surface area contributed by atoms with Crippen LogP contribution in [0.15, 0.2) is 40.4 Å². The van der Waals surface area contributed by atoms with E-state index in [-0.39, 0.29) is 11.6 Å². The number of nitrogens with zero attached hydrogens (tertiary/aromatic N) is 3. The first-order chi connectivity index (χ1) is 9.61. The number of hydrogen-bond donors (Lipinski definition) is 1. The first-order valence-corrected chi connectivity index (χ1v) is 6.10. The summed E-state index contributed by atoms with van der Waals surface area (Å²) in [5, 5.41) is 13.5. The van der Waals surface area contributed by atoms with E-state index in [1.807, 2.05) is 24.3 Å². The molecule has 1 heterocycles. The molecule has 100 valence electrons. The molecule has 6 heteroatoms. The summed E-state index contributed by atoms with van der Waals surface area (Å²) in [6.45, 7) is 5.44. The number of allylic oxidation sites excluding steroid dienone is 1. The molecule has 1 N–H and O–H groups in total. The smallest absolute Gasteiger partial charge is 0.252 e. The second-order valence-corrected chi connectivity index (χ2v) is 4.39. The first kappa shape index (κ1) is 13.8. The van der Waals surface area contributed by atoms with Crippen molar-refractivity contribution in [1.82, 2.24) is 4.98 Å². The summed E-state index contributed by atoms with van der Waals surface area (Å²) in [6.07, 6.45) is 1.53. The summed E-state index contributed by atoms with van der Waals surface area (Å²) >= 11 is 5.99. The molecule has 2 rings (SSSR count). The Morgan fingerprint density at radius 1 is 1.55 bits per heavy atom. The minimum atomic E-state index is 0.124. The van der Waals surface area contributed by atoms with Crippen molar-refractivity contribution < 1.29 is 4.42 Å². The zero-order chi connectivity index (χ0) is 14.5. The van der Waals surface area contributed by atoms with Gasteiger partial charge in [-0.2, -0.15) is 15.3 Å². The third-order valence-corrected chi connectivity index (χ3v) is 2.72. The fraction of sp³-hybridized carbons (Fsp3) is 0.0714. The average Bonchev–Trinajstić information content (AvgIpc) is 2.84. The van der Waals surface area contributed by atoms with Crippen LogP contribution in [0.3, 0.4) is 0 Å². The van der Waals surface area contributed by atoms with Crippen LogP contribution in [0, 0.1) is 11.3 Å². The Morgan fingerprint density at radius 3 is 2.95 bits per heavy atom. The van der Waals surface area contributed by atoms with Crippen LogP contribution in [0.1, 0.15) is 24.1 Å². The van der Waals surface area contributed by atoms with Gasteiger partial charge in [0.15, 0.2) is 0 Å². The summed E-state index contributed by atoms with van der Waals surface area (Å²) in [5.41, 5.74) is 4.14. The largest absolute Gasteiger partial charge is 0.418 e. The van der Waals surface area contributed by atoms with Gasteiger partial charge in [0.25, 0.3) is 5.88 Å². The van der Waals surface area contributed by atoms with Gasteiger partial charge in [0.2, 0.25) is 11.6 Å². The zero-order valence-electron chi connectivity index (χ0n) is 10.7. The minimum absolute atomic E-state index is 0.124. The maximum atomic E-state index is 8.96. The Morgan fingerprint density at radius 2 is 2.30 bits per heavy atom. The highest BCUT2D eigenvalue weighted by Crippen LogP contribution is 2.21. The van der Waals surface area contributed by atoms with Gasteiger partial charge < -0.3 is 4.42 Å². The number of halogens is 1. The van der Waals surface area contributed by atoms with E-state index in [9.17, 15) is 0 Å². The lowest BCUT2D eigenvalue weighted by molar-refractivity contribution is 0.554. The van der Waals surface area contributed by atoms with Crippen LogP contribution in [-0.2, 0) is 0 Å². The van der Waals surface area contributed by atoms with Crippen LogP contribution >= 0.6 is 11.6 Å². The van der Waals surface area contributed by atoms with Crippen LogP contribution in [0.25, 0.3) is 5.57 Å². The molecule has 0 amide bonds. The van der Waals surface area contributed by atoms with Gasteiger partial charge in [-0.25, -0.2) is 5.43 Å². The Balaban J connectivity index is 2.17. The molecule has 0 spiro atoms. The first-order valence-electron chi connectivity index (χ1n) is 5.72. The quantitative estimate of drug-likeness (QED) is 0.687. The van der Waals surface area contributed by atoms with Gasteiger partial charge >= 0.3 is 0 Å². The van der Waals surface area contributed by atoms with Crippen molar-refractivity contribution in [3.8, 4) is 6.07 Å². The molecule has 1 aromatic heterocycles. The normalized spacial score (nSPS) is 10.4. The summed E-state index contributed by atoms with van der Waals surface area (Å²) in [7, 11) is 0. The van der Waals surface area contributed by atoms with Gasteiger partial charge in [-0.15, -0.1) is 0 Å². The fourth-order valence-electron chi connectivity index (χ4n) is 1.39.